The number of nitrogens with one attached hydrogen (secondary N) is 1. The molecule has 2 nitrogen and oxygen atoms in total. The number of amides is 1. The molecule has 1 N–H and O–H groups in total. The molecule has 0 aliphatic heterocycles. The molecule has 2 rings (SSSR count). The lowest BCUT2D eigenvalue weighted by Gasteiger charge is -2.06. The van der Waals surface area contributed by atoms with Gasteiger partial charge in [0.15, 0.2) is 0 Å². The molecule has 0 aliphatic rings. The third kappa shape index (κ3) is 5.11. The second-order valence-corrected chi connectivity index (χ2v) is 5.61. The van der Waals surface area contributed by atoms with Crippen molar-refractivity contribution in [3.8, 4) is 0 Å². The number of benzene rings is 2. The van der Waals surface area contributed by atoms with Crippen LogP contribution in [0.4, 0.5) is 13.2 Å². The topological polar surface area (TPSA) is 29.1 Å². The van der Waals surface area contributed by atoms with Gasteiger partial charge in [-0.05, 0) is 42.3 Å². The lowest BCUT2D eigenvalue weighted by molar-refractivity contribution is -0.118. The summed E-state index contributed by atoms with van der Waals surface area (Å²) < 4.78 is 39.1. The van der Waals surface area contributed by atoms with Crippen LogP contribution in [0, 0.1) is 17.5 Å². The predicted octanol–water partition coefficient (Wildman–Crippen LogP) is 3.55. The van der Waals surface area contributed by atoms with Crippen molar-refractivity contribution < 1.29 is 18.0 Å². The Morgan fingerprint density at radius 1 is 1.00 bits per heavy atom. The van der Waals surface area contributed by atoms with Gasteiger partial charge in [-0.15, -0.1) is 11.8 Å². The molecule has 0 atom stereocenters. The molecule has 0 unspecified atom stereocenters. The van der Waals surface area contributed by atoms with Gasteiger partial charge in [0, 0.05) is 11.4 Å². The van der Waals surface area contributed by atoms with Gasteiger partial charge in [-0.1, -0.05) is 12.1 Å². The fourth-order valence-electron chi connectivity index (χ4n) is 1.78. The van der Waals surface area contributed by atoms with Gasteiger partial charge < -0.3 is 5.32 Å². The van der Waals surface area contributed by atoms with Crippen LogP contribution in [0.15, 0.2) is 47.4 Å². The third-order valence-corrected chi connectivity index (χ3v) is 3.93. The predicted molar refractivity (Wildman–Crippen MR) is 80.2 cm³/mol. The van der Waals surface area contributed by atoms with Gasteiger partial charge in [-0.3, -0.25) is 4.79 Å². The Kier molecular flexibility index (Phi) is 5.89. The molecule has 6 heteroatoms. The van der Waals surface area contributed by atoms with E-state index in [2.05, 4.69) is 5.32 Å². The standard InChI is InChI=1S/C16H14F3NOS/c17-12-3-1-11(2-4-12)7-8-20-16(21)10-22-15-9-13(18)5-6-14(15)19/h1-6,9H,7-8,10H2,(H,20,21). The van der Waals surface area contributed by atoms with Crippen molar-refractivity contribution in [3.05, 3.63) is 65.5 Å². The van der Waals surface area contributed by atoms with Crippen molar-refractivity contribution in [2.24, 2.45) is 0 Å². The Morgan fingerprint density at radius 3 is 2.41 bits per heavy atom. The summed E-state index contributed by atoms with van der Waals surface area (Å²) in [7, 11) is 0. The Bertz CT molecular complexity index is 646. The first-order valence-corrected chi connectivity index (χ1v) is 7.62. The maximum Gasteiger partial charge on any atom is 0.230 e. The van der Waals surface area contributed by atoms with Crippen LogP contribution in [0.1, 0.15) is 5.56 Å². The fourth-order valence-corrected chi connectivity index (χ4v) is 2.57. The van der Waals surface area contributed by atoms with Crippen LogP contribution in [0.3, 0.4) is 0 Å². The van der Waals surface area contributed by atoms with E-state index in [0.29, 0.717) is 13.0 Å². The summed E-state index contributed by atoms with van der Waals surface area (Å²) in [5.74, 6) is -1.66. The first-order chi connectivity index (χ1) is 10.5. The molecule has 0 aliphatic carbocycles. The van der Waals surface area contributed by atoms with Gasteiger partial charge in [0.1, 0.15) is 17.5 Å². The average molecular weight is 325 g/mol. The van der Waals surface area contributed by atoms with E-state index < -0.39 is 11.6 Å². The number of hydrogen-bond acceptors (Lipinski definition) is 2. The summed E-state index contributed by atoms with van der Waals surface area (Å²) >= 11 is 0.941. The highest BCUT2D eigenvalue weighted by Gasteiger charge is 2.08. The second-order valence-electron chi connectivity index (χ2n) is 4.59. The smallest absolute Gasteiger partial charge is 0.230 e. The minimum atomic E-state index is -0.550. The molecule has 0 radical (unpaired) electrons. The quantitative estimate of drug-likeness (QED) is 0.823. The van der Waals surface area contributed by atoms with Crippen molar-refractivity contribution in [3.63, 3.8) is 0 Å². The van der Waals surface area contributed by atoms with E-state index in [1.807, 2.05) is 0 Å². The molecule has 2 aromatic rings. The van der Waals surface area contributed by atoms with Crippen LogP contribution in [0.25, 0.3) is 0 Å². The Balaban J connectivity index is 1.74. The van der Waals surface area contributed by atoms with E-state index in [9.17, 15) is 18.0 Å². The highest BCUT2D eigenvalue weighted by Crippen LogP contribution is 2.22. The molecule has 0 saturated carbocycles. The summed E-state index contributed by atoms with van der Waals surface area (Å²) in [6.07, 6.45) is 0.574. The van der Waals surface area contributed by atoms with Crippen molar-refractivity contribution in [1.29, 1.82) is 0 Å². The molecule has 0 bridgehead atoms. The van der Waals surface area contributed by atoms with E-state index in [-0.39, 0.29) is 22.4 Å². The lowest BCUT2D eigenvalue weighted by atomic mass is 10.1. The molecule has 0 fully saturated rings. The first kappa shape index (κ1) is 16.4. The number of hydrogen-bond donors (Lipinski definition) is 1. The van der Waals surface area contributed by atoms with Gasteiger partial charge in [0.25, 0.3) is 0 Å². The van der Waals surface area contributed by atoms with Gasteiger partial charge in [0.05, 0.1) is 5.75 Å². The number of rotatable bonds is 6. The fraction of sp³-hybridized carbons (Fsp3) is 0.188. The van der Waals surface area contributed by atoms with Crippen LogP contribution in [-0.4, -0.2) is 18.2 Å². The zero-order chi connectivity index (χ0) is 15.9. The summed E-state index contributed by atoms with van der Waals surface area (Å²) in [5, 5.41) is 2.68. The first-order valence-electron chi connectivity index (χ1n) is 6.63. The molecule has 116 valence electrons. The average Bonchev–Trinajstić information content (AvgIpc) is 2.50. The largest absolute Gasteiger partial charge is 0.355 e. The maximum atomic E-state index is 13.4. The maximum absolute atomic E-state index is 13.4. The molecule has 2 aromatic carbocycles. The molecule has 0 spiro atoms. The highest BCUT2D eigenvalue weighted by atomic mass is 32.2. The highest BCUT2D eigenvalue weighted by molar-refractivity contribution is 8.00. The minimum Gasteiger partial charge on any atom is -0.355 e. The van der Waals surface area contributed by atoms with E-state index in [4.69, 9.17) is 0 Å². The zero-order valence-corrected chi connectivity index (χ0v) is 12.4. The Labute approximate surface area is 130 Å². The summed E-state index contributed by atoms with van der Waals surface area (Å²) in [4.78, 5) is 11.8. The number of carbonyl (C=O) groups is 1. The van der Waals surface area contributed by atoms with Crippen molar-refractivity contribution in [1.82, 2.24) is 5.32 Å². The monoisotopic (exact) mass is 325 g/mol. The summed E-state index contributed by atoms with van der Waals surface area (Å²) in [6.45, 7) is 0.399. The molecular formula is C16H14F3NOS. The van der Waals surface area contributed by atoms with Crippen molar-refractivity contribution in [2.45, 2.75) is 11.3 Å². The van der Waals surface area contributed by atoms with E-state index in [1.165, 1.54) is 12.1 Å². The van der Waals surface area contributed by atoms with Crippen molar-refractivity contribution >= 4 is 17.7 Å². The Morgan fingerprint density at radius 2 is 1.68 bits per heavy atom. The van der Waals surface area contributed by atoms with Crippen LogP contribution in [0.5, 0.6) is 0 Å². The van der Waals surface area contributed by atoms with E-state index in [0.717, 1.165) is 35.5 Å². The van der Waals surface area contributed by atoms with E-state index >= 15 is 0 Å². The molecule has 0 saturated heterocycles. The lowest BCUT2D eigenvalue weighted by Crippen LogP contribution is -2.27. The third-order valence-electron chi connectivity index (χ3n) is 2.90. The Hall–Kier alpha value is -1.95. The number of halogens is 3. The van der Waals surface area contributed by atoms with Crippen LogP contribution >= 0.6 is 11.8 Å². The zero-order valence-electron chi connectivity index (χ0n) is 11.6. The molecule has 1 amide bonds. The molecule has 0 aromatic heterocycles. The second kappa shape index (κ2) is 7.89. The molecule has 0 heterocycles. The normalized spacial score (nSPS) is 10.5. The van der Waals surface area contributed by atoms with Gasteiger partial charge in [0.2, 0.25) is 5.91 Å². The van der Waals surface area contributed by atoms with Gasteiger partial charge in [-0.25, -0.2) is 13.2 Å². The summed E-state index contributed by atoms with van der Waals surface area (Å²) in [6, 6.07) is 9.15. The number of thioether (sulfide) groups is 1. The SMILES string of the molecule is O=C(CSc1cc(F)ccc1F)NCCc1ccc(F)cc1. The van der Waals surface area contributed by atoms with E-state index in [1.54, 1.807) is 12.1 Å². The number of carbonyl (C=O) groups excluding carboxylic acids is 1. The van der Waals surface area contributed by atoms with Crippen molar-refractivity contribution in [2.75, 3.05) is 12.3 Å². The van der Waals surface area contributed by atoms with Crippen LogP contribution in [0.2, 0.25) is 0 Å². The molecule has 22 heavy (non-hydrogen) atoms. The van der Waals surface area contributed by atoms with Crippen LogP contribution < -0.4 is 5.32 Å². The van der Waals surface area contributed by atoms with Gasteiger partial charge >= 0.3 is 0 Å². The minimum absolute atomic E-state index is 0.00376. The summed E-state index contributed by atoms with van der Waals surface area (Å²) in [5.41, 5.74) is 0.908. The van der Waals surface area contributed by atoms with Gasteiger partial charge in [-0.2, -0.15) is 0 Å². The van der Waals surface area contributed by atoms with Crippen LogP contribution in [-0.2, 0) is 11.2 Å². The molecular weight excluding hydrogens is 311 g/mol.